The number of nitrogens with one attached hydrogen (secondary N) is 3. The van der Waals surface area contributed by atoms with Crippen LogP contribution in [0.15, 0.2) is 41.3 Å². The minimum Gasteiger partial charge on any atom is -0.444 e. The minimum absolute atomic E-state index is 0.0603. The molecule has 0 bridgehead atoms. The third-order valence-electron chi connectivity index (χ3n) is 11.5. The van der Waals surface area contributed by atoms with Crippen molar-refractivity contribution in [1.82, 2.24) is 30.1 Å². The third-order valence-corrected chi connectivity index (χ3v) is 13.4. The van der Waals surface area contributed by atoms with Crippen molar-refractivity contribution >= 4 is 45.5 Å². The van der Waals surface area contributed by atoms with Crippen molar-refractivity contribution in [2.75, 3.05) is 75.8 Å². The van der Waals surface area contributed by atoms with E-state index in [9.17, 15) is 27.6 Å². The molecule has 5 rings (SSSR count). The van der Waals surface area contributed by atoms with Crippen molar-refractivity contribution in [3.63, 3.8) is 0 Å². The highest BCUT2D eigenvalue weighted by Gasteiger charge is 2.44. The molecule has 2 saturated heterocycles. The molecule has 0 spiro atoms. The maximum atomic E-state index is 16.2. The largest absolute Gasteiger partial charge is 0.444 e. The van der Waals surface area contributed by atoms with Crippen LogP contribution in [0, 0.1) is 18.8 Å². The van der Waals surface area contributed by atoms with Gasteiger partial charge in [0.2, 0.25) is 21.8 Å². The van der Waals surface area contributed by atoms with Gasteiger partial charge in [0.1, 0.15) is 17.0 Å². The summed E-state index contributed by atoms with van der Waals surface area (Å²) in [6.45, 7) is 15.8. The van der Waals surface area contributed by atoms with Crippen LogP contribution in [-0.2, 0) is 35.0 Å². The predicted octanol–water partition coefficient (Wildman–Crippen LogP) is 5.78. The van der Waals surface area contributed by atoms with Crippen LogP contribution in [0.3, 0.4) is 0 Å². The first kappa shape index (κ1) is 50.4. The molecule has 2 aromatic rings. The number of nitrogens with zero attached hydrogens (tertiary/aromatic N) is 5. The number of halogens is 2. The van der Waals surface area contributed by atoms with Crippen LogP contribution in [0.4, 0.5) is 29.9 Å². The zero-order valence-electron chi connectivity index (χ0n) is 38.7. The van der Waals surface area contributed by atoms with Crippen LogP contribution in [0.5, 0.6) is 0 Å². The molecule has 1 aliphatic carbocycles. The maximum Gasteiger partial charge on any atom is 0.407 e. The average Bonchev–Trinajstić information content (AvgIpc) is 3.58. The van der Waals surface area contributed by atoms with E-state index >= 15 is 8.78 Å². The quantitative estimate of drug-likeness (QED) is 0.174. The standard InChI is InChI=1S/C45H68F2N8O8S/c1-31-27-34(45(46,47)33-13-11-32(12-14-33)40(57)48-19-9-21-52(8)22-10-20-49-41(58)62-43(2,3)4)28-38(50-31)53-23-25-54(26-24-53)64(60,61)37-17-15-36(16-18-37)55-30-35(29-39(55)56)51-42(59)63-44(5,6)7/h15-18,27-28,32-33,35H,9-14,19-26,29-30H2,1-8H3,(H,48,57)(H,49,58)(H,51,59)/t32?,33?,35-/m1/s1. The number of aromatic nitrogens is 1. The topological polar surface area (TPSA) is 183 Å². The normalized spacial score (nSPS) is 20.3. The van der Waals surface area contributed by atoms with Crippen molar-refractivity contribution in [3.05, 3.63) is 47.7 Å². The van der Waals surface area contributed by atoms with E-state index in [2.05, 4.69) is 25.8 Å². The van der Waals surface area contributed by atoms with Gasteiger partial charge in [0.05, 0.1) is 10.9 Å². The van der Waals surface area contributed by atoms with Crippen LogP contribution in [0.2, 0.25) is 0 Å². The number of pyridine rings is 1. The van der Waals surface area contributed by atoms with Gasteiger partial charge in [-0.15, -0.1) is 0 Å². The van der Waals surface area contributed by atoms with Gasteiger partial charge in [-0.25, -0.2) is 31.8 Å². The van der Waals surface area contributed by atoms with Crippen LogP contribution in [0.25, 0.3) is 0 Å². The van der Waals surface area contributed by atoms with Gasteiger partial charge >= 0.3 is 12.2 Å². The van der Waals surface area contributed by atoms with Crippen molar-refractivity contribution in [3.8, 4) is 0 Å². The van der Waals surface area contributed by atoms with Crippen LogP contribution in [-0.4, -0.2) is 130 Å². The number of carbonyl (C=O) groups is 4. The van der Waals surface area contributed by atoms with Gasteiger partial charge < -0.3 is 40.1 Å². The second-order valence-corrected chi connectivity index (χ2v) is 21.1. The number of anilines is 2. The molecule has 1 aromatic carbocycles. The fraction of sp³-hybridized carbons (Fsp3) is 0.667. The smallest absolute Gasteiger partial charge is 0.407 e. The summed E-state index contributed by atoms with van der Waals surface area (Å²) >= 11 is 0. The number of alkyl halides is 2. The SMILES string of the molecule is Cc1cc(C(F)(F)C2CCC(C(=O)NCCCN(C)CCCNC(=O)OC(C)(C)C)CC2)cc(N2CCN(S(=O)(=O)c3ccc(N4C[C@H](NC(=O)OC(C)(C)C)CC4=O)cc3)CC2)n1. The third kappa shape index (κ3) is 14.2. The van der Waals surface area contributed by atoms with Crippen LogP contribution >= 0.6 is 0 Å². The molecule has 4 amide bonds. The molecular formula is C45H68F2N8O8S. The number of amides is 4. The number of alkyl carbamates (subject to hydrolysis) is 2. The Bertz CT molecular complexity index is 2050. The van der Waals surface area contributed by atoms with Crippen LogP contribution < -0.4 is 25.8 Å². The molecule has 356 valence electrons. The molecule has 3 fully saturated rings. The van der Waals surface area contributed by atoms with Crippen molar-refractivity contribution < 1.29 is 45.9 Å². The Hall–Kier alpha value is -4.62. The molecule has 19 heteroatoms. The first-order valence-electron chi connectivity index (χ1n) is 22.4. The fourth-order valence-corrected chi connectivity index (χ4v) is 9.68. The van der Waals surface area contributed by atoms with Crippen molar-refractivity contribution in [2.24, 2.45) is 11.8 Å². The van der Waals surface area contributed by atoms with Gasteiger partial charge in [0.25, 0.3) is 5.92 Å². The lowest BCUT2D eigenvalue weighted by atomic mass is 9.77. The predicted molar refractivity (Wildman–Crippen MR) is 240 cm³/mol. The molecule has 3 heterocycles. The Morgan fingerprint density at radius 3 is 2.02 bits per heavy atom. The second-order valence-electron chi connectivity index (χ2n) is 19.2. The Kier molecular flexibility index (Phi) is 16.6. The van der Waals surface area contributed by atoms with E-state index < -0.39 is 51.3 Å². The number of carbonyl (C=O) groups excluding carboxylic acids is 4. The summed E-state index contributed by atoms with van der Waals surface area (Å²) in [6, 6.07) is 8.42. The van der Waals surface area contributed by atoms with Gasteiger partial charge in [-0.1, -0.05) is 0 Å². The van der Waals surface area contributed by atoms with Gasteiger partial charge in [-0.2, -0.15) is 4.31 Å². The number of ether oxygens (including phenoxy) is 2. The monoisotopic (exact) mass is 918 g/mol. The summed E-state index contributed by atoms with van der Waals surface area (Å²) in [5, 5.41) is 8.45. The number of sulfonamides is 1. The van der Waals surface area contributed by atoms with Crippen molar-refractivity contribution in [1.29, 1.82) is 0 Å². The van der Waals surface area contributed by atoms with Gasteiger partial charge in [-0.3, -0.25) is 9.59 Å². The Labute approximate surface area is 377 Å². The fourth-order valence-electron chi connectivity index (χ4n) is 8.26. The number of benzene rings is 1. The number of piperazine rings is 1. The molecule has 3 N–H and O–H groups in total. The molecule has 0 radical (unpaired) electrons. The Morgan fingerprint density at radius 1 is 0.844 bits per heavy atom. The molecule has 2 aliphatic heterocycles. The van der Waals surface area contributed by atoms with Gasteiger partial charge in [-0.05, 0) is 144 Å². The van der Waals surface area contributed by atoms with E-state index in [0.29, 0.717) is 43.1 Å². The molecule has 1 saturated carbocycles. The van der Waals surface area contributed by atoms with Crippen molar-refractivity contribution in [2.45, 2.75) is 121 Å². The minimum atomic E-state index is -3.91. The number of aryl methyl sites for hydroxylation is 1. The lowest BCUT2D eigenvalue weighted by Crippen LogP contribution is -2.49. The summed E-state index contributed by atoms with van der Waals surface area (Å²) < 4.78 is 71.7. The highest BCUT2D eigenvalue weighted by Crippen LogP contribution is 2.46. The molecule has 0 unspecified atom stereocenters. The molecule has 1 aromatic heterocycles. The Morgan fingerprint density at radius 2 is 1.42 bits per heavy atom. The number of hydrogen-bond acceptors (Lipinski definition) is 11. The summed E-state index contributed by atoms with van der Waals surface area (Å²) in [5.74, 6) is -4.35. The van der Waals surface area contributed by atoms with E-state index in [1.165, 1.54) is 33.5 Å². The summed E-state index contributed by atoms with van der Waals surface area (Å²) in [6.07, 6.45) is 1.68. The molecule has 16 nitrogen and oxygen atoms in total. The summed E-state index contributed by atoms with van der Waals surface area (Å²) in [5.41, 5.74) is -0.423. The number of rotatable bonds is 16. The first-order valence-corrected chi connectivity index (χ1v) is 23.8. The average molecular weight is 919 g/mol. The van der Waals surface area contributed by atoms with E-state index in [1.54, 1.807) is 39.8 Å². The van der Waals surface area contributed by atoms with E-state index in [0.717, 1.165) is 25.9 Å². The van der Waals surface area contributed by atoms with E-state index in [4.69, 9.17) is 9.47 Å². The van der Waals surface area contributed by atoms with E-state index in [1.807, 2.05) is 32.7 Å². The lowest BCUT2D eigenvalue weighted by Gasteiger charge is -2.36. The second kappa shape index (κ2) is 21.1. The first-order chi connectivity index (χ1) is 29.9. The zero-order chi connectivity index (χ0) is 47.0. The van der Waals surface area contributed by atoms with Gasteiger partial charge in [0, 0.05) is 81.0 Å². The van der Waals surface area contributed by atoms with Gasteiger partial charge in [0.15, 0.2) is 0 Å². The summed E-state index contributed by atoms with van der Waals surface area (Å²) in [7, 11) is -1.93. The number of hydrogen-bond donors (Lipinski definition) is 3. The maximum absolute atomic E-state index is 16.2. The molecule has 3 aliphatic rings. The molecular weight excluding hydrogens is 851 g/mol. The van der Waals surface area contributed by atoms with E-state index in [-0.39, 0.29) is 80.2 Å². The lowest BCUT2D eigenvalue weighted by molar-refractivity contribution is -0.129. The summed E-state index contributed by atoms with van der Waals surface area (Å²) in [4.78, 5) is 59.8. The molecule has 1 atom stereocenters. The molecule has 64 heavy (non-hydrogen) atoms. The highest BCUT2D eigenvalue weighted by molar-refractivity contribution is 7.89. The highest BCUT2D eigenvalue weighted by atomic mass is 32.2. The Balaban J connectivity index is 1.05. The van der Waals surface area contributed by atoms with Crippen LogP contribution in [0.1, 0.15) is 97.7 Å². The zero-order valence-corrected chi connectivity index (χ0v) is 39.5.